The fourth-order valence-electron chi connectivity index (χ4n) is 1.38. The van der Waals surface area contributed by atoms with E-state index in [0.717, 1.165) is 10.9 Å². The zero-order chi connectivity index (χ0) is 10.1. The minimum Gasteiger partial charge on any atom is -0.254 e. The number of benzene rings is 1. The largest absolute Gasteiger partial charge is 0.254 e. The smallest absolute Gasteiger partial charge is 0.101 e. The Bertz CT molecular complexity index is 541. The van der Waals surface area contributed by atoms with E-state index in [-0.39, 0.29) is 0 Å². The van der Waals surface area contributed by atoms with Crippen molar-refractivity contribution in [2.24, 2.45) is 0 Å². The maximum Gasteiger partial charge on any atom is 0.101 e. The molecule has 1 aromatic heterocycles. The molecule has 2 aromatic rings. The number of para-hydroxylation sites is 1. The molecule has 2 rings (SSSR count). The maximum absolute atomic E-state index is 8.86. The number of hydrogen-bond donors (Lipinski definition) is 0. The van der Waals surface area contributed by atoms with Crippen molar-refractivity contribution in [2.75, 3.05) is 0 Å². The zero-order valence-corrected chi connectivity index (χ0v) is 8.34. The van der Waals surface area contributed by atoms with Gasteiger partial charge in [-0.15, -0.1) is 0 Å². The summed E-state index contributed by atoms with van der Waals surface area (Å²) in [5, 5.41) is 10.4. The molecule has 14 heavy (non-hydrogen) atoms. The first kappa shape index (κ1) is 8.98. The summed E-state index contributed by atoms with van der Waals surface area (Å²) in [6.45, 7) is 1.90. The van der Waals surface area contributed by atoms with Gasteiger partial charge < -0.3 is 0 Å². The van der Waals surface area contributed by atoms with Crippen LogP contribution in [0.1, 0.15) is 11.1 Å². The van der Waals surface area contributed by atoms with Crippen LogP contribution >= 0.6 is 11.6 Å². The van der Waals surface area contributed by atoms with Gasteiger partial charge in [0.2, 0.25) is 0 Å². The van der Waals surface area contributed by atoms with Crippen molar-refractivity contribution in [2.45, 2.75) is 6.92 Å². The number of nitriles is 1. The summed E-state index contributed by atoms with van der Waals surface area (Å²) in [5.74, 6) is 0. The molecule has 0 unspecified atom stereocenters. The molecule has 0 aliphatic carbocycles. The number of nitrogens with zero attached hydrogens (tertiary/aromatic N) is 2. The predicted molar refractivity (Wildman–Crippen MR) is 56.2 cm³/mol. The summed E-state index contributed by atoms with van der Waals surface area (Å²) < 4.78 is 0. The van der Waals surface area contributed by atoms with E-state index in [4.69, 9.17) is 16.9 Å². The lowest BCUT2D eigenvalue weighted by Gasteiger charge is -2.03. The molecule has 0 amide bonds. The van der Waals surface area contributed by atoms with E-state index in [2.05, 4.69) is 11.1 Å². The van der Waals surface area contributed by atoms with Crippen LogP contribution in [-0.2, 0) is 0 Å². The molecule has 0 fully saturated rings. The first-order valence-corrected chi connectivity index (χ1v) is 4.56. The Balaban J connectivity index is 2.95. The number of pyridine rings is 1. The summed E-state index contributed by atoms with van der Waals surface area (Å²) in [4.78, 5) is 4.21. The van der Waals surface area contributed by atoms with Gasteiger partial charge in [0.25, 0.3) is 0 Å². The van der Waals surface area contributed by atoms with Crippen molar-refractivity contribution < 1.29 is 0 Å². The first-order chi connectivity index (χ1) is 6.74. The lowest BCUT2D eigenvalue weighted by Crippen LogP contribution is -1.87. The second kappa shape index (κ2) is 3.28. The number of aromatic nitrogens is 1. The predicted octanol–water partition coefficient (Wildman–Crippen LogP) is 3.07. The highest BCUT2D eigenvalue weighted by Gasteiger charge is 2.06. The van der Waals surface area contributed by atoms with Crippen molar-refractivity contribution in [1.82, 2.24) is 4.98 Å². The van der Waals surface area contributed by atoms with Gasteiger partial charge in [-0.1, -0.05) is 23.7 Å². The van der Waals surface area contributed by atoms with Gasteiger partial charge in [-0.05, 0) is 18.6 Å². The Labute approximate surface area is 86.8 Å². The number of halogens is 1. The molecule has 68 valence electrons. The molecule has 0 saturated carbocycles. The quantitative estimate of drug-likeness (QED) is 0.658. The summed E-state index contributed by atoms with van der Waals surface area (Å²) in [5.41, 5.74) is 2.16. The Morgan fingerprint density at radius 3 is 2.93 bits per heavy atom. The third-order valence-electron chi connectivity index (χ3n) is 2.13. The van der Waals surface area contributed by atoms with Gasteiger partial charge in [0.1, 0.15) is 6.07 Å². The lowest BCUT2D eigenvalue weighted by atomic mass is 10.1. The minimum atomic E-state index is 0.560. The van der Waals surface area contributed by atoms with E-state index >= 15 is 0 Å². The molecule has 3 heteroatoms. The van der Waals surface area contributed by atoms with Crippen molar-refractivity contribution in [3.05, 3.63) is 40.5 Å². The van der Waals surface area contributed by atoms with Gasteiger partial charge in [0.15, 0.2) is 0 Å². The van der Waals surface area contributed by atoms with Crippen LogP contribution in [0.5, 0.6) is 0 Å². The summed E-state index contributed by atoms with van der Waals surface area (Å²) in [6.07, 6.45) is 1.69. The van der Waals surface area contributed by atoms with E-state index in [0.29, 0.717) is 16.1 Å². The summed E-state index contributed by atoms with van der Waals surface area (Å²) in [6, 6.07) is 7.52. The fraction of sp³-hybridized carbons (Fsp3) is 0.0909. The highest BCUT2D eigenvalue weighted by atomic mass is 35.5. The fourth-order valence-corrected chi connectivity index (χ4v) is 1.58. The number of fused-ring (bicyclic) bond motifs is 1. The van der Waals surface area contributed by atoms with Crippen molar-refractivity contribution in [1.29, 1.82) is 5.26 Å². The number of hydrogen-bond acceptors (Lipinski definition) is 2. The van der Waals surface area contributed by atoms with Gasteiger partial charge in [-0.2, -0.15) is 5.26 Å². The maximum atomic E-state index is 8.86. The molecule has 2 nitrogen and oxygen atoms in total. The zero-order valence-electron chi connectivity index (χ0n) is 7.58. The second-order valence-electron chi connectivity index (χ2n) is 3.07. The van der Waals surface area contributed by atoms with Crippen LogP contribution in [0.4, 0.5) is 0 Å². The molecule has 0 radical (unpaired) electrons. The topological polar surface area (TPSA) is 36.7 Å². The molecular formula is C11H7ClN2. The Hall–Kier alpha value is -1.59. The van der Waals surface area contributed by atoms with Crippen molar-refractivity contribution in [3.8, 4) is 6.07 Å². The van der Waals surface area contributed by atoms with Crippen LogP contribution in [-0.4, -0.2) is 4.98 Å². The Morgan fingerprint density at radius 2 is 2.21 bits per heavy atom. The molecular weight excluding hydrogens is 196 g/mol. The molecule has 0 spiro atoms. The average molecular weight is 203 g/mol. The Morgan fingerprint density at radius 1 is 1.43 bits per heavy atom. The minimum absolute atomic E-state index is 0.560. The SMILES string of the molecule is Cc1cnc2c(C#N)cccc2c1Cl. The normalized spacial score (nSPS) is 10.1. The highest BCUT2D eigenvalue weighted by Crippen LogP contribution is 2.26. The van der Waals surface area contributed by atoms with E-state index in [9.17, 15) is 0 Å². The van der Waals surface area contributed by atoms with Gasteiger partial charge in [0.05, 0.1) is 16.1 Å². The van der Waals surface area contributed by atoms with Crippen molar-refractivity contribution >= 4 is 22.5 Å². The number of aryl methyl sites for hydroxylation is 1. The first-order valence-electron chi connectivity index (χ1n) is 4.18. The second-order valence-corrected chi connectivity index (χ2v) is 3.45. The van der Waals surface area contributed by atoms with Crippen LogP contribution in [0.3, 0.4) is 0 Å². The molecule has 1 heterocycles. The summed E-state index contributed by atoms with van der Waals surface area (Å²) in [7, 11) is 0. The Kier molecular flexibility index (Phi) is 2.11. The third-order valence-corrected chi connectivity index (χ3v) is 2.63. The van der Waals surface area contributed by atoms with Crippen LogP contribution in [0.15, 0.2) is 24.4 Å². The van der Waals surface area contributed by atoms with Crippen LogP contribution < -0.4 is 0 Å². The molecule has 0 bridgehead atoms. The van der Waals surface area contributed by atoms with Crippen LogP contribution in [0.2, 0.25) is 5.02 Å². The van der Waals surface area contributed by atoms with Gasteiger partial charge in [-0.25, -0.2) is 0 Å². The van der Waals surface area contributed by atoms with Gasteiger partial charge in [0, 0.05) is 11.6 Å². The van der Waals surface area contributed by atoms with Crippen LogP contribution in [0, 0.1) is 18.3 Å². The standard InChI is InChI=1S/C11H7ClN2/c1-7-6-14-11-8(5-13)3-2-4-9(11)10(7)12/h2-4,6H,1H3. The van der Waals surface area contributed by atoms with Gasteiger partial charge >= 0.3 is 0 Å². The van der Waals surface area contributed by atoms with Crippen LogP contribution in [0.25, 0.3) is 10.9 Å². The van der Waals surface area contributed by atoms with Crippen molar-refractivity contribution in [3.63, 3.8) is 0 Å². The highest BCUT2D eigenvalue weighted by molar-refractivity contribution is 6.36. The molecule has 1 aromatic carbocycles. The third kappa shape index (κ3) is 1.23. The number of rotatable bonds is 0. The molecule has 0 aliphatic rings. The van der Waals surface area contributed by atoms with E-state index < -0.39 is 0 Å². The monoisotopic (exact) mass is 202 g/mol. The molecule has 0 aliphatic heterocycles. The molecule has 0 atom stereocenters. The lowest BCUT2D eigenvalue weighted by molar-refractivity contribution is 1.32. The average Bonchev–Trinajstić information content (AvgIpc) is 2.23. The van der Waals surface area contributed by atoms with E-state index in [1.54, 1.807) is 12.3 Å². The molecule has 0 N–H and O–H groups in total. The van der Waals surface area contributed by atoms with E-state index in [1.807, 2.05) is 19.1 Å². The van der Waals surface area contributed by atoms with Gasteiger partial charge in [-0.3, -0.25) is 4.98 Å². The summed E-state index contributed by atoms with van der Waals surface area (Å²) >= 11 is 6.11. The molecule has 0 saturated heterocycles. The van der Waals surface area contributed by atoms with E-state index in [1.165, 1.54) is 0 Å².